The molecule has 7 heteroatoms. The Morgan fingerprint density at radius 1 is 1.16 bits per heavy atom. The maximum atomic E-state index is 12.8. The van der Waals surface area contributed by atoms with E-state index < -0.39 is 29.5 Å². The number of aliphatic carboxylic acids is 1. The van der Waals surface area contributed by atoms with Gasteiger partial charge in [0.1, 0.15) is 0 Å². The summed E-state index contributed by atoms with van der Waals surface area (Å²) in [6.07, 6.45) is -4.50. The molecule has 1 aliphatic rings. The van der Waals surface area contributed by atoms with Gasteiger partial charge in [0.05, 0.1) is 18.0 Å². The molecule has 2 aromatic carbocycles. The van der Waals surface area contributed by atoms with E-state index in [0.29, 0.717) is 16.8 Å². The fourth-order valence-corrected chi connectivity index (χ4v) is 2.77. The maximum Gasteiger partial charge on any atom is 0.416 e. The van der Waals surface area contributed by atoms with Crippen LogP contribution in [-0.4, -0.2) is 17.0 Å². The van der Waals surface area contributed by atoms with Crippen molar-refractivity contribution < 1.29 is 27.9 Å². The quantitative estimate of drug-likeness (QED) is 0.909. The van der Waals surface area contributed by atoms with Gasteiger partial charge in [0.15, 0.2) is 0 Å². The number of hydrogen-bond donors (Lipinski definition) is 1. The number of amides is 1. The van der Waals surface area contributed by atoms with Crippen LogP contribution in [0.5, 0.6) is 0 Å². The Bertz CT molecular complexity index is 844. The lowest BCUT2D eigenvalue weighted by Crippen LogP contribution is -2.23. The molecule has 25 heavy (non-hydrogen) atoms. The maximum absolute atomic E-state index is 12.8. The second-order valence-electron chi connectivity index (χ2n) is 5.91. The van der Waals surface area contributed by atoms with E-state index in [1.54, 1.807) is 31.2 Å². The number of carbonyl (C=O) groups is 2. The summed E-state index contributed by atoms with van der Waals surface area (Å²) >= 11 is 0. The molecule has 0 bridgehead atoms. The first-order valence-electron chi connectivity index (χ1n) is 7.53. The van der Waals surface area contributed by atoms with E-state index in [-0.39, 0.29) is 12.1 Å². The SMILES string of the molecule is CC(C(=O)O)c1ccc(N2Cc3ccc(C(F)(F)F)cc3C2=O)cc1. The number of benzene rings is 2. The molecule has 0 aromatic heterocycles. The number of alkyl halides is 3. The van der Waals surface area contributed by atoms with Crippen LogP contribution >= 0.6 is 0 Å². The Morgan fingerprint density at radius 2 is 1.80 bits per heavy atom. The zero-order valence-corrected chi connectivity index (χ0v) is 13.2. The van der Waals surface area contributed by atoms with Crippen molar-refractivity contribution in [2.24, 2.45) is 0 Å². The van der Waals surface area contributed by atoms with E-state index in [4.69, 9.17) is 5.11 Å². The van der Waals surface area contributed by atoms with Crippen LogP contribution in [0, 0.1) is 0 Å². The fourth-order valence-electron chi connectivity index (χ4n) is 2.77. The molecule has 2 aromatic rings. The number of rotatable bonds is 3. The number of carbonyl (C=O) groups excluding carboxylic acids is 1. The molecule has 0 fully saturated rings. The molecule has 0 spiro atoms. The van der Waals surface area contributed by atoms with Crippen molar-refractivity contribution >= 4 is 17.6 Å². The summed E-state index contributed by atoms with van der Waals surface area (Å²) < 4.78 is 38.4. The van der Waals surface area contributed by atoms with E-state index in [2.05, 4.69) is 0 Å². The molecule has 0 aliphatic carbocycles. The van der Waals surface area contributed by atoms with Crippen molar-refractivity contribution in [3.05, 3.63) is 64.7 Å². The number of anilines is 1. The van der Waals surface area contributed by atoms with Gasteiger partial charge in [-0.15, -0.1) is 0 Å². The molecule has 1 atom stereocenters. The standard InChI is InChI=1S/C18H14F3NO3/c1-10(17(24)25)11-3-6-14(7-4-11)22-9-12-2-5-13(18(19,20)21)8-15(12)16(22)23/h2-8,10H,9H2,1H3,(H,24,25). The summed E-state index contributed by atoms with van der Waals surface area (Å²) in [6, 6.07) is 9.56. The molecule has 1 N–H and O–H groups in total. The van der Waals surface area contributed by atoms with Crippen LogP contribution in [0.25, 0.3) is 0 Å². The van der Waals surface area contributed by atoms with Crippen LogP contribution in [-0.2, 0) is 17.5 Å². The molecular weight excluding hydrogens is 335 g/mol. The molecule has 0 saturated heterocycles. The Labute approximate surface area is 141 Å². The third kappa shape index (κ3) is 3.09. The molecule has 4 nitrogen and oxygen atoms in total. The lowest BCUT2D eigenvalue weighted by atomic mass is 10.0. The van der Waals surface area contributed by atoms with Gasteiger partial charge in [-0.2, -0.15) is 13.2 Å². The number of carboxylic acids is 1. The first-order valence-corrected chi connectivity index (χ1v) is 7.53. The van der Waals surface area contributed by atoms with Crippen LogP contribution in [0.3, 0.4) is 0 Å². The van der Waals surface area contributed by atoms with Gasteiger partial charge in [-0.1, -0.05) is 18.2 Å². The average Bonchev–Trinajstić information content (AvgIpc) is 2.90. The minimum absolute atomic E-state index is 0.0396. The first-order chi connectivity index (χ1) is 11.7. The fraction of sp³-hybridized carbons (Fsp3) is 0.222. The van der Waals surface area contributed by atoms with Gasteiger partial charge in [0.25, 0.3) is 5.91 Å². The first kappa shape index (κ1) is 17.0. The Morgan fingerprint density at radius 3 is 2.36 bits per heavy atom. The molecule has 3 rings (SSSR count). The van der Waals surface area contributed by atoms with E-state index in [1.165, 1.54) is 11.0 Å². The minimum atomic E-state index is -4.50. The molecule has 1 amide bonds. The number of carboxylic acid groups (broad SMARTS) is 1. The van der Waals surface area contributed by atoms with E-state index in [1.807, 2.05) is 0 Å². The number of nitrogens with zero attached hydrogens (tertiary/aromatic N) is 1. The van der Waals surface area contributed by atoms with Gasteiger partial charge in [-0.3, -0.25) is 9.59 Å². The molecular formula is C18H14F3NO3. The van der Waals surface area contributed by atoms with Crippen molar-refractivity contribution in [1.29, 1.82) is 0 Å². The van der Waals surface area contributed by atoms with Crippen LogP contribution < -0.4 is 4.90 Å². The third-order valence-electron chi connectivity index (χ3n) is 4.32. The van der Waals surface area contributed by atoms with Gasteiger partial charge in [0.2, 0.25) is 0 Å². The van der Waals surface area contributed by atoms with Gasteiger partial charge < -0.3 is 10.0 Å². The van der Waals surface area contributed by atoms with Crippen LogP contribution in [0.4, 0.5) is 18.9 Å². The highest BCUT2D eigenvalue weighted by atomic mass is 19.4. The van der Waals surface area contributed by atoms with Crippen LogP contribution in [0.2, 0.25) is 0 Å². The summed E-state index contributed by atoms with van der Waals surface area (Å²) in [6.45, 7) is 1.73. The highest BCUT2D eigenvalue weighted by Crippen LogP contribution is 2.35. The summed E-state index contributed by atoms with van der Waals surface area (Å²) in [5.74, 6) is -2.15. The number of halogens is 3. The topological polar surface area (TPSA) is 57.6 Å². The second kappa shape index (κ2) is 5.91. The molecule has 0 radical (unpaired) electrons. The molecule has 0 saturated carbocycles. The highest BCUT2D eigenvalue weighted by Gasteiger charge is 2.35. The zero-order valence-electron chi connectivity index (χ0n) is 13.2. The monoisotopic (exact) mass is 349 g/mol. The predicted molar refractivity (Wildman–Crippen MR) is 84.5 cm³/mol. The van der Waals surface area contributed by atoms with Crippen molar-refractivity contribution in [1.82, 2.24) is 0 Å². The van der Waals surface area contributed by atoms with E-state index in [0.717, 1.165) is 12.1 Å². The average molecular weight is 349 g/mol. The Hall–Kier alpha value is -2.83. The van der Waals surface area contributed by atoms with Crippen molar-refractivity contribution in [3.63, 3.8) is 0 Å². The zero-order chi connectivity index (χ0) is 18.4. The predicted octanol–water partition coefficient (Wildman–Crippen LogP) is 4.05. The third-order valence-corrected chi connectivity index (χ3v) is 4.32. The molecule has 1 aliphatic heterocycles. The molecule has 1 heterocycles. The van der Waals surface area contributed by atoms with E-state index >= 15 is 0 Å². The Balaban J connectivity index is 1.88. The van der Waals surface area contributed by atoms with Crippen molar-refractivity contribution in [3.8, 4) is 0 Å². The largest absolute Gasteiger partial charge is 0.481 e. The van der Waals surface area contributed by atoms with Gasteiger partial charge in [0, 0.05) is 11.3 Å². The summed E-state index contributed by atoms with van der Waals surface area (Å²) in [4.78, 5) is 24.8. The number of hydrogen-bond acceptors (Lipinski definition) is 2. The van der Waals surface area contributed by atoms with Crippen molar-refractivity contribution in [2.75, 3.05) is 4.90 Å². The Kier molecular flexibility index (Phi) is 4.02. The second-order valence-corrected chi connectivity index (χ2v) is 5.91. The van der Waals surface area contributed by atoms with Crippen LogP contribution in [0.15, 0.2) is 42.5 Å². The van der Waals surface area contributed by atoms with Crippen molar-refractivity contribution in [2.45, 2.75) is 25.6 Å². The van der Waals surface area contributed by atoms with Gasteiger partial charge in [-0.05, 0) is 42.3 Å². The normalized spacial score (nSPS) is 15.2. The summed E-state index contributed by atoms with van der Waals surface area (Å²) in [5, 5.41) is 9.01. The lowest BCUT2D eigenvalue weighted by molar-refractivity contribution is -0.138. The minimum Gasteiger partial charge on any atom is -0.481 e. The summed E-state index contributed by atoms with van der Waals surface area (Å²) in [7, 11) is 0. The number of fused-ring (bicyclic) bond motifs is 1. The smallest absolute Gasteiger partial charge is 0.416 e. The molecule has 1 unspecified atom stereocenters. The van der Waals surface area contributed by atoms with Gasteiger partial charge >= 0.3 is 12.1 Å². The van der Waals surface area contributed by atoms with E-state index in [9.17, 15) is 22.8 Å². The van der Waals surface area contributed by atoms with Crippen LogP contribution in [0.1, 0.15) is 39.9 Å². The summed E-state index contributed by atoms with van der Waals surface area (Å²) in [5.41, 5.74) is 0.807. The molecule has 130 valence electrons. The van der Waals surface area contributed by atoms with Gasteiger partial charge in [-0.25, -0.2) is 0 Å². The highest BCUT2D eigenvalue weighted by molar-refractivity contribution is 6.10. The lowest BCUT2D eigenvalue weighted by Gasteiger charge is -2.17.